The van der Waals surface area contributed by atoms with Gasteiger partial charge in [0, 0.05) is 17.6 Å². The summed E-state index contributed by atoms with van der Waals surface area (Å²) in [6.07, 6.45) is 3.14. The van der Waals surface area contributed by atoms with E-state index in [2.05, 4.69) is 20.3 Å². The van der Waals surface area contributed by atoms with Gasteiger partial charge in [0.15, 0.2) is 0 Å². The summed E-state index contributed by atoms with van der Waals surface area (Å²) in [7, 11) is 1.36. The maximum absolute atomic E-state index is 11.4. The van der Waals surface area contributed by atoms with E-state index in [1.165, 1.54) is 17.5 Å². The largest absolute Gasteiger partial charge is 0.468 e. The first-order valence-corrected chi connectivity index (χ1v) is 8.95. The molecule has 2 aliphatic rings. The average molecular weight is 330 g/mol. The topological polar surface area (TPSA) is 79.1 Å². The minimum atomic E-state index is -0.347. The standard InChI is InChI=1S/C12H18N4O3S2/c1-18-10(17)7-16-11(13-14-15-16)21-9-2-4-19-12(6-9)3-5-20-8-12/h9H,2-8H2,1H3. The molecule has 116 valence electrons. The lowest BCUT2D eigenvalue weighted by molar-refractivity contribution is -0.141. The van der Waals surface area contributed by atoms with Crippen molar-refractivity contribution in [2.75, 3.05) is 25.2 Å². The molecular weight excluding hydrogens is 312 g/mol. The molecule has 0 amide bonds. The summed E-state index contributed by atoms with van der Waals surface area (Å²) in [6.45, 7) is 0.840. The van der Waals surface area contributed by atoms with Gasteiger partial charge in [-0.15, -0.1) is 5.10 Å². The Morgan fingerprint density at radius 1 is 1.67 bits per heavy atom. The molecule has 0 aliphatic carbocycles. The maximum Gasteiger partial charge on any atom is 0.327 e. The molecule has 2 aliphatic heterocycles. The van der Waals surface area contributed by atoms with Gasteiger partial charge in [0.25, 0.3) is 0 Å². The highest BCUT2D eigenvalue weighted by Gasteiger charge is 2.41. The van der Waals surface area contributed by atoms with Crippen molar-refractivity contribution in [3.63, 3.8) is 0 Å². The third-order valence-electron chi connectivity index (χ3n) is 3.79. The number of hydrogen-bond donors (Lipinski definition) is 0. The van der Waals surface area contributed by atoms with Gasteiger partial charge in [0.05, 0.1) is 12.7 Å². The Bertz CT molecular complexity index is 504. The maximum atomic E-state index is 11.4. The van der Waals surface area contributed by atoms with Crippen LogP contribution in [0.3, 0.4) is 0 Å². The smallest absolute Gasteiger partial charge is 0.327 e. The molecule has 3 heterocycles. The Hall–Kier alpha value is -0.800. The highest BCUT2D eigenvalue weighted by molar-refractivity contribution is 8.00. The van der Waals surface area contributed by atoms with Crippen molar-refractivity contribution in [2.24, 2.45) is 0 Å². The molecule has 2 unspecified atom stereocenters. The van der Waals surface area contributed by atoms with Crippen LogP contribution in [0.2, 0.25) is 0 Å². The van der Waals surface area contributed by atoms with Gasteiger partial charge in [0.1, 0.15) is 6.54 Å². The van der Waals surface area contributed by atoms with Crippen LogP contribution in [-0.2, 0) is 20.8 Å². The van der Waals surface area contributed by atoms with E-state index >= 15 is 0 Å². The number of tetrazole rings is 1. The van der Waals surface area contributed by atoms with Gasteiger partial charge in [-0.2, -0.15) is 11.8 Å². The Morgan fingerprint density at radius 3 is 3.33 bits per heavy atom. The van der Waals surface area contributed by atoms with Gasteiger partial charge in [0.2, 0.25) is 5.16 Å². The molecule has 2 atom stereocenters. The number of esters is 1. The second-order valence-corrected chi connectivity index (χ2v) is 7.63. The zero-order valence-electron chi connectivity index (χ0n) is 11.9. The van der Waals surface area contributed by atoms with Crippen LogP contribution >= 0.6 is 23.5 Å². The van der Waals surface area contributed by atoms with Crippen LogP contribution in [0.15, 0.2) is 5.16 Å². The lowest BCUT2D eigenvalue weighted by Crippen LogP contribution is -2.41. The lowest BCUT2D eigenvalue weighted by atomic mass is 9.93. The monoisotopic (exact) mass is 330 g/mol. The van der Waals surface area contributed by atoms with Crippen LogP contribution in [-0.4, -0.2) is 62.2 Å². The molecule has 1 aromatic heterocycles. The summed E-state index contributed by atoms with van der Waals surface area (Å²) in [5, 5.41) is 12.6. The van der Waals surface area contributed by atoms with Gasteiger partial charge in [-0.3, -0.25) is 4.79 Å². The molecule has 0 radical (unpaired) electrons. The molecule has 1 aromatic rings. The van der Waals surface area contributed by atoms with E-state index in [-0.39, 0.29) is 18.1 Å². The molecule has 2 fully saturated rings. The Morgan fingerprint density at radius 2 is 2.57 bits per heavy atom. The van der Waals surface area contributed by atoms with Crippen molar-refractivity contribution in [1.82, 2.24) is 20.2 Å². The van der Waals surface area contributed by atoms with E-state index in [9.17, 15) is 4.79 Å². The molecular formula is C12H18N4O3S2. The molecule has 1 spiro atoms. The quantitative estimate of drug-likeness (QED) is 0.756. The zero-order chi connectivity index (χ0) is 14.7. The number of rotatable bonds is 4. The molecule has 0 saturated carbocycles. The van der Waals surface area contributed by atoms with Crippen LogP contribution in [0.4, 0.5) is 0 Å². The third-order valence-corrected chi connectivity index (χ3v) is 6.25. The van der Waals surface area contributed by atoms with E-state index in [1.54, 1.807) is 11.8 Å². The SMILES string of the molecule is COC(=O)Cn1nnnc1SC1CCOC2(CCSC2)C1. The first-order chi connectivity index (χ1) is 10.2. The van der Waals surface area contributed by atoms with Crippen LogP contribution < -0.4 is 0 Å². The van der Waals surface area contributed by atoms with Crippen LogP contribution in [0, 0.1) is 0 Å². The van der Waals surface area contributed by atoms with Gasteiger partial charge in [-0.05, 0) is 35.4 Å². The summed E-state index contributed by atoms with van der Waals surface area (Å²) in [4.78, 5) is 11.4. The predicted octanol–water partition coefficient (Wildman–Crippen LogP) is 0.993. The fourth-order valence-electron chi connectivity index (χ4n) is 2.66. The normalized spacial score (nSPS) is 28.9. The summed E-state index contributed by atoms with van der Waals surface area (Å²) in [5.41, 5.74) is 0.0429. The summed E-state index contributed by atoms with van der Waals surface area (Å²) < 4.78 is 12.2. The van der Waals surface area contributed by atoms with Crippen LogP contribution in [0.1, 0.15) is 19.3 Å². The predicted molar refractivity (Wildman–Crippen MR) is 79.3 cm³/mol. The second-order valence-electron chi connectivity index (χ2n) is 5.26. The van der Waals surface area contributed by atoms with Crippen molar-refractivity contribution < 1.29 is 14.3 Å². The zero-order valence-corrected chi connectivity index (χ0v) is 13.5. The Labute approximate surface area is 131 Å². The van der Waals surface area contributed by atoms with Crippen molar-refractivity contribution in [2.45, 2.75) is 41.8 Å². The molecule has 0 bridgehead atoms. The van der Waals surface area contributed by atoms with Crippen molar-refractivity contribution in [3.05, 3.63) is 0 Å². The van der Waals surface area contributed by atoms with Gasteiger partial charge >= 0.3 is 5.97 Å². The van der Waals surface area contributed by atoms with E-state index in [0.29, 0.717) is 10.4 Å². The van der Waals surface area contributed by atoms with Crippen molar-refractivity contribution in [1.29, 1.82) is 0 Å². The molecule has 0 aromatic carbocycles. The van der Waals surface area contributed by atoms with Gasteiger partial charge < -0.3 is 9.47 Å². The van der Waals surface area contributed by atoms with E-state index < -0.39 is 0 Å². The summed E-state index contributed by atoms with van der Waals surface area (Å²) in [5.74, 6) is 1.91. The second kappa shape index (κ2) is 6.53. The van der Waals surface area contributed by atoms with Crippen LogP contribution in [0.25, 0.3) is 0 Å². The van der Waals surface area contributed by atoms with Crippen molar-refractivity contribution >= 4 is 29.5 Å². The fourth-order valence-corrected chi connectivity index (χ4v) is 5.25. The first kappa shape index (κ1) is 15.1. The fraction of sp³-hybridized carbons (Fsp3) is 0.833. The number of thioether (sulfide) groups is 2. The highest BCUT2D eigenvalue weighted by atomic mass is 32.2. The molecule has 7 nitrogen and oxygen atoms in total. The van der Waals surface area contributed by atoms with E-state index in [1.807, 2.05) is 11.8 Å². The lowest BCUT2D eigenvalue weighted by Gasteiger charge is -2.37. The molecule has 9 heteroatoms. The molecule has 3 rings (SSSR count). The Kier molecular flexibility index (Phi) is 4.70. The van der Waals surface area contributed by atoms with Gasteiger partial charge in [-0.1, -0.05) is 11.8 Å². The summed E-state index contributed by atoms with van der Waals surface area (Å²) in [6, 6.07) is 0. The number of methoxy groups -OCH3 is 1. The number of ether oxygens (including phenoxy) is 2. The molecule has 0 N–H and O–H groups in total. The van der Waals surface area contributed by atoms with Crippen LogP contribution in [0.5, 0.6) is 0 Å². The van der Waals surface area contributed by atoms with Crippen molar-refractivity contribution in [3.8, 4) is 0 Å². The average Bonchev–Trinajstić information content (AvgIpc) is 3.10. The number of carbonyl (C=O) groups excluding carboxylic acids is 1. The first-order valence-electron chi connectivity index (χ1n) is 6.92. The number of nitrogens with zero attached hydrogens (tertiary/aromatic N) is 4. The number of carbonyl (C=O) groups is 1. The highest BCUT2D eigenvalue weighted by Crippen LogP contribution is 2.42. The minimum Gasteiger partial charge on any atom is -0.468 e. The minimum absolute atomic E-state index is 0.0429. The third kappa shape index (κ3) is 3.51. The van der Waals surface area contributed by atoms with E-state index in [0.717, 1.165) is 31.6 Å². The van der Waals surface area contributed by atoms with E-state index in [4.69, 9.17) is 4.74 Å². The summed E-state index contributed by atoms with van der Waals surface area (Å²) >= 11 is 3.60. The van der Waals surface area contributed by atoms with Gasteiger partial charge in [-0.25, -0.2) is 4.68 Å². The Balaban J connectivity index is 1.63. The molecule has 21 heavy (non-hydrogen) atoms. The molecule has 2 saturated heterocycles. The number of hydrogen-bond acceptors (Lipinski definition) is 8. The number of aromatic nitrogens is 4.